The number of hydrogen-bond donors (Lipinski definition) is 1. The van der Waals surface area contributed by atoms with Gasteiger partial charge in [0.05, 0.1) is 18.6 Å². The molecule has 2 N–H and O–H groups in total. The molecular weight excluding hydrogens is 247 g/mol. The number of nitrogens with two attached hydrogens (primary N) is 1. The highest BCUT2D eigenvalue weighted by Gasteiger charge is 2.47. The van der Waals surface area contributed by atoms with Gasteiger partial charge in [0, 0.05) is 18.3 Å². The Hall–Kier alpha value is -1.46. The molecule has 1 aromatic rings. The number of carbonyl (C=O) groups is 1. The summed E-state index contributed by atoms with van der Waals surface area (Å²) in [5.74, 6) is -0.391. The van der Waals surface area contributed by atoms with E-state index in [4.69, 9.17) is 10.5 Å². The number of nitrogens with zero attached hydrogens (tertiary/aromatic N) is 1. The molecule has 1 saturated heterocycles. The van der Waals surface area contributed by atoms with Crippen LogP contribution in [0.4, 0.5) is 10.1 Å². The zero-order valence-electron chi connectivity index (χ0n) is 10.9. The van der Waals surface area contributed by atoms with E-state index >= 15 is 0 Å². The van der Waals surface area contributed by atoms with E-state index < -0.39 is 5.41 Å². The topological polar surface area (TPSA) is 55.6 Å². The van der Waals surface area contributed by atoms with Gasteiger partial charge in [-0.15, -0.1) is 0 Å². The van der Waals surface area contributed by atoms with Crippen molar-refractivity contribution in [2.45, 2.75) is 19.4 Å². The van der Waals surface area contributed by atoms with Gasteiger partial charge in [-0.1, -0.05) is 6.07 Å². The number of halogens is 1. The molecule has 2 atom stereocenters. The fourth-order valence-corrected chi connectivity index (χ4v) is 2.78. The van der Waals surface area contributed by atoms with Gasteiger partial charge in [0.15, 0.2) is 0 Å². The Morgan fingerprint density at radius 3 is 3.05 bits per heavy atom. The highest BCUT2D eigenvalue weighted by molar-refractivity contribution is 6.00. The molecule has 2 unspecified atom stereocenters. The number of rotatable bonds is 1. The third-order valence-electron chi connectivity index (χ3n) is 4.19. The van der Waals surface area contributed by atoms with E-state index in [1.807, 2.05) is 6.92 Å². The van der Waals surface area contributed by atoms with E-state index in [1.54, 1.807) is 11.0 Å². The lowest BCUT2D eigenvalue weighted by molar-refractivity contribution is -0.127. The van der Waals surface area contributed by atoms with Crippen molar-refractivity contribution in [3.8, 4) is 0 Å². The predicted octanol–water partition coefficient (Wildman–Crippen LogP) is 1.08. The maximum absolute atomic E-state index is 13.4. The summed E-state index contributed by atoms with van der Waals surface area (Å²) < 4.78 is 18.7. The zero-order valence-corrected chi connectivity index (χ0v) is 10.9. The lowest BCUT2D eigenvalue weighted by Gasteiger charge is -2.31. The van der Waals surface area contributed by atoms with Gasteiger partial charge >= 0.3 is 0 Å². The van der Waals surface area contributed by atoms with Crippen molar-refractivity contribution in [3.63, 3.8) is 0 Å². The summed E-state index contributed by atoms with van der Waals surface area (Å²) in [6.45, 7) is 3.13. The SMILES string of the molecule is CC1(C(=O)N2CCc3ccc(F)cc32)COCC1N. The van der Waals surface area contributed by atoms with Gasteiger partial charge in [-0.3, -0.25) is 4.79 Å². The second kappa shape index (κ2) is 4.28. The van der Waals surface area contributed by atoms with Crippen LogP contribution in [0.1, 0.15) is 12.5 Å². The average molecular weight is 264 g/mol. The first-order valence-electron chi connectivity index (χ1n) is 6.46. The number of carbonyl (C=O) groups excluding carboxylic acids is 1. The number of hydrogen-bond acceptors (Lipinski definition) is 3. The number of anilines is 1. The molecule has 0 aromatic heterocycles. The molecule has 1 amide bonds. The third kappa shape index (κ3) is 1.84. The van der Waals surface area contributed by atoms with Gasteiger partial charge in [-0.05, 0) is 31.0 Å². The minimum absolute atomic E-state index is 0.0677. The van der Waals surface area contributed by atoms with Crippen LogP contribution in [-0.4, -0.2) is 31.7 Å². The van der Waals surface area contributed by atoms with Crippen molar-refractivity contribution >= 4 is 11.6 Å². The largest absolute Gasteiger partial charge is 0.379 e. The van der Waals surface area contributed by atoms with Crippen LogP contribution in [0.3, 0.4) is 0 Å². The molecule has 102 valence electrons. The lowest BCUT2D eigenvalue weighted by Crippen LogP contribution is -2.51. The fraction of sp³-hybridized carbons (Fsp3) is 0.500. The molecule has 0 spiro atoms. The summed E-state index contributed by atoms with van der Waals surface area (Å²) in [5, 5.41) is 0. The van der Waals surface area contributed by atoms with Gasteiger partial charge in [-0.25, -0.2) is 4.39 Å². The van der Waals surface area contributed by atoms with Crippen LogP contribution in [0.15, 0.2) is 18.2 Å². The summed E-state index contributed by atoms with van der Waals surface area (Å²) in [4.78, 5) is 14.3. The maximum Gasteiger partial charge on any atom is 0.236 e. The Kier molecular flexibility index (Phi) is 2.83. The second-order valence-electron chi connectivity index (χ2n) is 5.52. The van der Waals surface area contributed by atoms with Crippen LogP contribution in [0, 0.1) is 11.2 Å². The Balaban J connectivity index is 1.93. The van der Waals surface area contributed by atoms with Crippen LogP contribution in [0.25, 0.3) is 0 Å². The molecule has 5 heteroatoms. The van der Waals surface area contributed by atoms with E-state index in [1.165, 1.54) is 12.1 Å². The maximum atomic E-state index is 13.4. The first-order chi connectivity index (χ1) is 9.02. The number of amides is 1. The van der Waals surface area contributed by atoms with Crippen molar-refractivity contribution in [3.05, 3.63) is 29.6 Å². The van der Waals surface area contributed by atoms with Crippen LogP contribution in [0.5, 0.6) is 0 Å². The molecule has 0 radical (unpaired) electrons. The van der Waals surface area contributed by atoms with E-state index in [0.717, 1.165) is 12.0 Å². The second-order valence-corrected chi connectivity index (χ2v) is 5.52. The van der Waals surface area contributed by atoms with E-state index in [-0.39, 0.29) is 17.8 Å². The molecule has 0 aliphatic carbocycles. The Morgan fingerprint density at radius 1 is 1.58 bits per heavy atom. The number of fused-ring (bicyclic) bond motifs is 1. The normalized spacial score (nSPS) is 29.6. The van der Waals surface area contributed by atoms with Crippen molar-refractivity contribution in [1.29, 1.82) is 0 Å². The van der Waals surface area contributed by atoms with Crippen molar-refractivity contribution < 1.29 is 13.9 Å². The molecule has 4 nitrogen and oxygen atoms in total. The highest BCUT2D eigenvalue weighted by Crippen LogP contribution is 2.36. The monoisotopic (exact) mass is 264 g/mol. The first-order valence-corrected chi connectivity index (χ1v) is 6.46. The van der Waals surface area contributed by atoms with Crippen LogP contribution < -0.4 is 10.6 Å². The van der Waals surface area contributed by atoms with Gasteiger partial charge in [0.1, 0.15) is 5.82 Å². The smallest absolute Gasteiger partial charge is 0.236 e. The Bertz CT molecular complexity index is 534. The van der Waals surface area contributed by atoms with Gasteiger partial charge in [0.25, 0.3) is 0 Å². The summed E-state index contributed by atoms with van der Waals surface area (Å²) >= 11 is 0. The Morgan fingerprint density at radius 2 is 2.37 bits per heavy atom. The van der Waals surface area contributed by atoms with Gasteiger partial charge < -0.3 is 15.4 Å². The molecular formula is C14H17FN2O2. The molecule has 2 aliphatic heterocycles. The van der Waals surface area contributed by atoms with E-state index in [2.05, 4.69) is 0 Å². The van der Waals surface area contributed by atoms with Gasteiger partial charge in [0.2, 0.25) is 5.91 Å². The predicted molar refractivity (Wildman–Crippen MR) is 69.4 cm³/mol. The number of ether oxygens (including phenoxy) is 1. The third-order valence-corrected chi connectivity index (χ3v) is 4.19. The molecule has 2 aliphatic rings. The summed E-state index contributed by atoms with van der Waals surface area (Å²) in [6.07, 6.45) is 0.757. The lowest BCUT2D eigenvalue weighted by atomic mass is 9.84. The quantitative estimate of drug-likeness (QED) is 0.825. The van der Waals surface area contributed by atoms with Crippen molar-refractivity contribution in [1.82, 2.24) is 0 Å². The minimum atomic E-state index is -0.714. The Labute approximate surface area is 111 Å². The van der Waals surface area contributed by atoms with E-state index in [9.17, 15) is 9.18 Å². The zero-order chi connectivity index (χ0) is 13.6. The van der Waals surface area contributed by atoms with Crippen molar-refractivity contribution in [2.75, 3.05) is 24.7 Å². The molecule has 3 rings (SSSR count). The van der Waals surface area contributed by atoms with Crippen LogP contribution >= 0.6 is 0 Å². The molecule has 0 saturated carbocycles. The molecule has 2 heterocycles. The molecule has 1 fully saturated rings. The van der Waals surface area contributed by atoms with Crippen molar-refractivity contribution in [2.24, 2.45) is 11.1 Å². The minimum Gasteiger partial charge on any atom is -0.379 e. The first kappa shape index (κ1) is 12.6. The summed E-state index contributed by atoms with van der Waals surface area (Å²) in [7, 11) is 0. The molecule has 1 aromatic carbocycles. The average Bonchev–Trinajstić information content (AvgIpc) is 2.94. The van der Waals surface area contributed by atoms with Crippen LogP contribution in [0.2, 0.25) is 0 Å². The van der Waals surface area contributed by atoms with E-state index in [0.29, 0.717) is 25.4 Å². The summed E-state index contributed by atoms with van der Waals surface area (Å²) in [5.41, 5.74) is 6.95. The number of benzene rings is 1. The molecule has 19 heavy (non-hydrogen) atoms. The molecule has 0 bridgehead atoms. The van der Waals surface area contributed by atoms with Gasteiger partial charge in [-0.2, -0.15) is 0 Å². The summed E-state index contributed by atoms with van der Waals surface area (Å²) in [6, 6.07) is 4.28. The van der Waals surface area contributed by atoms with Crippen LogP contribution in [-0.2, 0) is 16.0 Å². The fourth-order valence-electron chi connectivity index (χ4n) is 2.78. The standard InChI is InChI=1S/C14H17FN2O2/c1-14(8-19-7-12(14)16)13(18)17-5-4-9-2-3-10(15)6-11(9)17/h2-3,6,12H,4-5,7-8,16H2,1H3. The highest BCUT2D eigenvalue weighted by atomic mass is 19.1.